The molecule has 0 amide bonds. The molecule has 0 saturated heterocycles. The molecule has 2 N–H and O–H groups in total. The zero-order valence-electron chi connectivity index (χ0n) is 5.93. The molecule has 0 aliphatic rings. The fourth-order valence-corrected chi connectivity index (χ4v) is 0.941. The smallest absolute Gasteiger partial charge is 0.219 e. The van der Waals surface area contributed by atoms with Gasteiger partial charge in [0.1, 0.15) is 19.8 Å². The predicted molar refractivity (Wildman–Crippen MR) is 37.9 cm³/mol. The highest BCUT2D eigenvalue weighted by Gasteiger charge is 2.06. The highest BCUT2D eigenvalue weighted by atomic mass is 16.7. The maximum absolute atomic E-state index is 5.52. The van der Waals surface area contributed by atoms with Crippen molar-refractivity contribution in [2.45, 2.75) is 0 Å². The lowest BCUT2D eigenvalue weighted by atomic mass is 10.7. The minimum atomic E-state index is 0.407. The Labute approximate surface area is 62.1 Å². The van der Waals surface area contributed by atoms with Gasteiger partial charge in [-0.2, -0.15) is 0 Å². The Morgan fingerprint density at radius 3 is 3.09 bits per heavy atom. The highest BCUT2D eigenvalue weighted by Crippen LogP contribution is 2.08. The van der Waals surface area contributed by atoms with Crippen LogP contribution in [-0.4, -0.2) is 26.4 Å². The Morgan fingerprint density at radius 1 is 1.55 bits per heavy atom. The average molecular weight is 153 g/mol. The molecule has 0 aromatic carbocycles. The van der Waals surface area contributed by atoms with Gasteiger partial charge < -0.3 is 10.6 Å². The summed E-state index contributed by atoms with van der Waals surface area (Å²) in [6.07, 6.45) is 3.15. The molecule has 6 nitrogen and oxygen atoms in total. The van der Waals surface area contributed by atoms with Crippen LogP contribution in [0.2, 0.25) is 0 Å². The molecule has 0 saturated carbocycles. The van der Waals surface area contributed by atoms with E-state index >= 15 is 0 Å². The van der Waals surface area contributed by atoms with Gasteiger partial charge in [-0.1, -0.05) is 4.85 Å². The first kappa shape index (κ1) is 6.02. The Hall–Kier alpha value is -1.72. The Kier molecular flexibility index (Phi) is 1.03. The van der Waals surface area contributed by atoms with Gasteiger partial charge >= 0.3 is 0 Å². The molecule has 0 aliphatic heterocycles. The van der Waals surface area contributed by atoms with Crippen molar-refractivity contribution in [3.05, 3.63) is 12.7 Å². The normalized spacial score (nSPS) is 10.6. The lowest BCUT2D eigenvalue weighted by Crippen LogP contribution is -2.08. The van der Waals surface area contributed by atoms with Crippen molar-refractivity contribution in [2.24, 2.45) is 0 Å². The van der Waals surface area contributed by atoms with Crippen LogP contribution >= 0.6 is 0 Å². The van der Waals surface area contributed by atoms with Gasteiger partial charge in [-0.05, 0) is 0 Å². The number of nitrogens with zero attached hydrogens (tertiary/aromatic N) is 4. The number of anilines is 1. The summed E-state index contributed by atoms with van der Waals surface area (Å²) in [5, 5.41) is 3.87. The largest absolute Gasteiger partial charge is 0.398 e. The number of nitrogens with two attached hydrogens (primary N) is 1. The summed E-state index contributed by atoms with van der Waals surface area (Å²) in [5.74, 6) is 0.407. The van der Waals surface area contributed by atoms with Crippen LogP contribution in [0, 0.1) is 0 Å². The van der Waals surface area contributed by atoms with E-state index < -0.39 is 0 Å². The van der Waals surface area contributed by atoms with Gasteiger partial charge in [0.2, 0.25) is 5.65 Å². The van der Waals surface area contributed by atoms with Crippen LogP contribution in [0.25, 0.3) is 5.65 Å². The third-order valence-corrected chi connectivity index (χ3v) is 1.43. The number of hydrogen-bond donors (Lipinski definition) is 1. The summed E-state index contributed by atoms with van der Waals surface area (Å²) in [5.41, 5.74) is 6.17. The van der Waals surface area contributed by atoms with Gasteiger partial charge in [0.05, 0.1) is 0 Å². The molecule has 58 valence electrons. The second kappa shape index (κ2) is 1.88. The maximum atomic E-state index is 5.52. The Balaban J connectivity index is 2.80. The molecule has 0 unspecified atom stereocenters. The van der Waals surface area contributed by atoms with Crippen molar-refractivity contribution < 1.29 is 4.84 Å². The van der Waals surface area contributed by atoms with E-state index in [2.05, 4.69) is 10.1 Å². The molecule has 6 heteroatoms. The van der Waals surface area contributed by atoms with Gasteiger partial charge in [-0.15, -0.1) is 5.10 Å². The lowest BCUT2D eigenvalue weighted by Gasteiger charge is -1.95. The number of hydrogen-bond acceptors (Lipinski definition) is 4. The molecular weight excluding hydrogens is 146 g/mol. The fourth-order valence-electron chi connectivity index (χ4n) is 0.941. The third-order valence-electron chi connectivity index (χ3n) is 1.43. The third kappa shape index (κ3) is 0.658. The van der Waals surface area contributed by atoms with Gasteiger partial charge in [0, 0.05) is 0 Å². The van der Waals surface area contributed by atoms with E-state index in [4.69, 9.17) is 10.6 Å². The number of aromatic nitrogens is 4. The lowest BCUT2D eigenvalue weighted by molar-refractivity contribution is 0.145. The Bertz CT molecular complexity index is 375. The zero-order chi connectivity index (χ0) is 7.84. The maximum Gasteiger partial charge on any atom is 0.219 e. The van der Waals surface area contributed by atoms with Gasteiger partial charge in [0.15, 0.2) is 5.82 Å². The first-order valence-corrected chi connectivity index (χ1v) is 3.03. The average Bonchev–Trinajstić information content (AvgIpc) is 2.54. The molecule has 0 bridgehead atoms. The summed E-state index contributed by atoms with van der Waals surface area (Å²) >= 11 is 0. The molecule has 0 radical (unpaired) electrons. The van der Waals surface area contributed by atoms with E-state index in [1.165, 1.54) is 12.0 Å². The van der Waals surface area contributed by atoms with Gasteiger partial charge in [0.25, 0.3) is 0 Å². The summed E-state index contributed by atoms with van der Waals surface area (Å²) in [6.45, 7) is 0. The van der Waals surface area contributed by atoms with E-state index in [0.717, 1.165) is 0 Å². The van der Waals surface area contributed by atoms with Crippen LogP contribution < -0.4 is 10.6 Å². The summed E-state index contributed by atoms with van der Waals surface area (Å²) in [7, 11) is 1.51. The second-order valence-corrected chi connectivity index (χ2v) is 2.05. The number of imidazole rings is 1. The Morgan fingerprint density at radius 2 is 2.36 bits per heavy atom. The van der Waals surface area contributed by atoms with Crippen LogP contribution in [0.15, 0.2) is 12.7 Å². The van der Waals surface area contributed by atoms with Gasteiger partial charge in [-0.3, -0.25) is 4.40 Å². The fraction of sp³-hybridized carbons (Fsp3) is 0.200. The first-order chi connectivity index (χ1) is 5.33. The van der Waals surface area contributed by atoms with Crippen molar-refractivity contribution in [1.29, 1.82) is 0 Å². The molecule has 0 spiro atoms. The predicted octanol–water partition coefficient (Wildman–Crippen LogP) is -0.829. The molecule has 11 heavy (non-hydrogen) atoms. The summed E-state index contributed by atoms with van der Waals surface area (Å²) in [4.78, 5) is 10.0. The van der Waals surface area contributed by atoms with E-state index in [-0.39, 0.29) is 0 Å². The van der Waals surface area contributed by atoms with E-state index in [1.54, 1.807) is 17.1 Å². The van der Waals surface area contributed by atoms with E-state index in [9.17, 15) is 0 Å². The SMILES string of the molecule is COn1ncn2cnc(N)c12. The van der Waals surface area contributed by atoms with E-state index in [1.807, 2.05) is 0 Å². The minimum absolute atomic E-state index is 0.407. The molecule has 2 rings (SSSR count). The van der Waals surface area contributed by atoms with Crippen molar-refractivity contribution in [1.82, 2.24) is 19.3 Å². The van der Waals surface area contributed by atoms with Crippen LogP contribution in [0.1, 0.15) is 0 Å². The van der Waals surface area contributed by atoms with Crippen molar-refractivity contribution in [3.63, 3.8) is 0 Å². The molecule has 2 heterocycles. The van der Waals surface area contributed by atoms with Crippen molar-refractivity contribution >= 4 is 11.5 Å². The zero-order valence-corrected chi connectivity index (χ0v) is 5.93. The highest BCUT2D eigenvalue weighted by molar-refractivity contribution is 5.59. The topological polar surface area (TPSA) is 70.4 Å². The number of rotatable bonds is 1. The van der Waals surface area contributed by atoms with Crippen LogP contribution in [0.5, 0.6) is 0 Å². The van der Waals surface area contributed by atoms with Crippen LogP contribution in [0.4, 0.5) is 5.82 Å². The van der Waals surface area contributed by atoms with Crippen LogP contribution in [0.3, 0.4) is 0 Å². The molecular formula is C5H7N5O. The summed E-state index contributed by atoms with van der Waals surface area (Å²) in [6, 6.07) is 0. The molecule has 0 atom stereocenters. The molecule has 2 aromatic heterocycles. The van der Waals surface area contributed by atoms with Crippen molar-refractivity contribution in [2.75, 3.05) is 12.8 Å². The second-order valence-electron chi connectivity index (χ2n) is 2.05. The standard InChI is InChI=1S/C5H7N5O/c1-11-10-5-4(6)7-2-9(5)3-8-10/h2-3H,6H2,1H3. The molecule has 2 aromatic rings. The van der Waals surface area contributed by atoms with E-state index in [0.29, 0.717) is 11.5 Å². The first-order valence-electron chi connectivity index (χ1n) is 3.03. The summed E-state index contributed by atoms with van der Waals surface area (Å²) < 4.78 is 1.68. The number of nitrogen functional groups attached to an aromatic ring is 1. The monoisotopic (exact) mass is 153 g/mol. The van der Waals surface area contributed by atoms with Crippen LogP contribution in [-0.2, 0) is 0 Å². The number of fused-ring (bicyclic) bond motifs is 1. The quantitative estimate of drug-likeness (QED) is 0.580. The van der Waals surface area contributed by atoms with Gasteiger partial charge in [-0.25, -0.2) is 4.98 Å². The van der Waals surface area contributed by atoms with Crippen molar-refractivity contribution in [3.8, 4) is 0 Å². The molecule has 0 aliphatic carbocycles. The molecule has 0 fully saturated rings. The minimum Gasteiger partial charge on any atom is -0.398 e.